The van der Waals surface area contributed by atoms with Crippen LogP contribution in [-0.2, 0) is 50.2 Å². The molecule has 0 amide bonds. The van der Waals surface area contributed by atoms with Crippen molar-refractivity contribution in [1.82, 2.24) is 4.31 Å². The number of para-hydroxylation sites is 1. The maximum absolute atomic E-state index is 14.3. The van der Waals surface area contributed by atoms with E-state index >= 15 is 0 Å². The number of hydrogen-bond donors (Lipinski definition) is 0. The van der Waals surface area contributed by atoms with Gasteiger partial charge in [0.25, 0.3) is 10.0 Å². The van der Waals surface area contributed by atoms with E-state index in [-0.39, 0.29) is 24.4 Å². The van der Waals surface area contributed by atoms with E-state index in [2.05, 4.69) is 16.8 Å². The first kappa shape index (κ1) is 31.6. The fraction of sp³-hybridized carbons (Fsp3) is 0.333. The number of sulfonamides is 1. The Kier molecular flexibility index (Phi) is 7.90. The fourth-order valence-electron chi connectivity index (χ4n) is 6.23. The minimum atomic E-state index is -4.86. The summed E-state index contributed by atoms with van der Waals surface area (Å²) in [5, 5.41) is 0. The molecule has 2 aromatic carbocycles. The van der Waals surface area contributed by atoms with Gasteiger partial charge in [0.15, 0.2) is 5.70 Å². The monoisotopic (exact) mass is 645 g/mol. The van der Waals surface area contributed by atoms with Gasteiger partial charge < -0.3 is 19.1 Å². The summed E-state index contributed by atoms with van der Waals surface area (Å²) in [6.07, 6.45) is -5.05. The van der Waals surface area contributed by atoms with Gasteiger partial charge >= 0.3 is 24.1 Å². The van der Waals surface area contributed by atoms with Crippen LogP contribution in [0.15, 0.2) is 69.7 Å². The van der Waals surface area contributed by atoms with Crippen molar-refractivity contribution in [2.24, 2.45) is 4.99 Å². The topological polar surface area (TPSA) is 132 Å². The van der Waals surface area contributed by atoms with Gasteiger partial charge in [-0.1, -0.05) is 24.1 Å². The summed E-state index contributed by atoms with van der Waals surface area (Å²) in [6, 6.07) is 6.72. The third-order valence-corrected chi connectivity index (χ3v) is 9.86. The third-order valence-electron chi connectivity index (χ3n) is 8.05. The lowest BCUT2D eigenvalue weighted by Crippen LogP contribution is -2.55. The van der Waals surface area contributed by atoms with Crippen LogP contribution >= 0.6 is 0 Å². The molecular weight excluding hydrogens is 619 g/mol. The van der Waals surface area contributed by atoms with Gasteiger partial charge in [0.05, 0.1) is 55.4 Å². The average Bonchev–Trinajstić information content (AvgIpc) is 3.53. The van der Waals surface area contributed by atoms with Crippen LogP contribution in [0.25, 0.3) is 0 Å². The molecular formula is C30H26F3N3O8S. The maximum Gasteiger partial charge on any atom is 0.416 e. The Morgan fingerprint density at radius 2 is 1.64 bits per heavy atom. The minimum Gasteiger partial charge on any atom is -0.467 e. The Morgan fingerprint density at radius 1 is 1.00 bits per heavy atom. The molecule has 1 spiro atoms. The number of hydrogen-bond acceptors (Lipinski definition) is 10. The smallest absolute Gasteiger partial charge is 0.416 e. The van der Waals surface area contributed by atoms with Gasteiger partial charge in [-0.15, -0.1) is 5.92 Å². The molecule has 3 atom stereocenters. The molecule has 3 aliphatic heterocycles. The number of fused-ring (bicyclic) bond motifs is 1. The number of aliphatic imine (C=N–C) groups is 1. The lowest BCUT2D eigenvalue weighted by atomic mass is 9.69. The number of alkyl halides is 3. The number of nitrogens with zero attached hydrogens (tertiary/aromatic N) is 3. The van der Waals surface area contributed by atoms with Gasteiger partial charge in [0.1, 0.15) is 11.9 Å². The van der Waals surface area contributed by atoms with Gasteiger partial charge in [0, 0.05) is 5.69 Å². The van der Waals surface area contributed by atoms with Crippen LogP contribution < -0.4 is 4.90 Å². The van der Waals surface area contributed by atoms with Crippen LogP contribution in [-0.4, -0.2) is 76.4 Å². The Bertz CT molecular complexity index is 1830. The Balaban J connectivity index is 1.87. The summed E-state index contributed by atoms with van der Waals surface area (Å²) < 4.78 is 84.3. The maximum atomic E-state index is 14.3. The second kappa shape index (κ2) is 11.3. The molecule has 1 saturated heterocycles. The van der Waals surface area contributed by atoms with E-state index in [4.69, 9.17) is 14.2 Å². The van der Waals surface area contributed by atoms with Crippen molar-refractivity contribution in [2.45, 2.75) is 41.9 Å². The van der Waals surface area contributed by atoms with E-state index in [0.29, 0.717) is 27.7 Å². The zero-order valence-corrected chi connectivity index (χ0v) is 25.2. The van der Waals surface area contributed by atoms with Crippen molar-refractivity contribution in [3.63, 3.8) is 0 Å². The summed E-state index contributed by atoms with van der Waals surface area (Å²) in [7, 11) is -1.67. The van der Waals surface area contributed by atoms with Gasteiger partial charge in [-0.05, 0) is 49.2 Å². The number of rotatable bonds is 6. The van der Waals surface area contributed by atoms with Crippen LogP contribution in [0.1, 0.15) is 24.5 Å². The van der Waals surface area contributed by atoms with Gasteiger partial charge in [-0.3, -0.25) is 0 Å². The van der Waals surface area contributed by atoms with E-state index in [1.54, 1.807) is 36.1 Å². The summed E-state index contributed by atoms with van der Waals surface area (Å²) >= 11 is 0. The highest BCUT2D eigenvalue weighted by molar-refractivity contribution is 7.89. The molecule has 3 heterocycles. The van der Waals surface area contributed by atoms with Crippen LogP contribution in [0, 0.1) is 11.8 Å². The third kappa shape index (κ3) is 4.71. The first-order chi connectivity index (χ1) is 21.3. The number of benzene rings is 2. The zero-order valence-electron chi connectivity index (χ0n) is 24.3. The summed E-state index contributed by atoms with van der Waals surface area (Å²) in [5.41, 5.74) is -2.50. The van der Waals surface area contributed by atoms with E-state index < -0.39 is 67.8 Å². The molecule has 0 unspecified atom stereocenters. The number of carbonyl (C=O) groups excluding carboxylic acids is 3. The summed E-state index contributed by atoms with van der Waals surface area (Å²) in [5.74, 6) is 2.34. The van der Waals surface area contributed by atoms with Crippen molar-refractivity contribution < 1.29 is 50.2 Å². The molecule has 0 N–H and O–H groups in total. The molecule has 3 aliphatic rings. The molecule has 0 bridgehead atoms. The predicted octanol–water partition coefficient (Wildman–Crippen LogP) is 2.80. The van der Waals surface area contributed by atoms with Crippen molar-refractivity contribution in [3.05, 3.63) is 70.9 Å². The van der Waals surface area contributed by atoms with Crippen molar-refractivity contribution in [2.75, 3.05) is 32.8 Å². The highest BCUT2D eigenvalue weighted by Crippen LogP contribution is 2.58. The SMILES string of the molecule is CC#CCN1c2ccccc2[C@]23C[C@@H](C(=O)OC)N(S(=O)(=O)c4ccc(C(F)(F)F)cc4)C2=NC(C(=O)OC)=C(C(=O)OC)[C@H]13. The summed E-state index contributed by atoms with van der Waals surface area (Å²) in [6.45, 7) is 1.61. The molecule has 2 aromatic rings. The Labute approximate surface area is 256 Å². The number of amidine groups is 1. The van der Waals surface area contributed by atoms with Crippen LogP contribution in [0.4, 0.5) is 18.9 Å². The number of ether oxygens (including phenoxy) is 3. The van der Waals surface area contributed by atoms with Crippen molar-refractivity contribution in [1.29, 1.82) is 0 Å². The largest absolute Gasteiger partial charge is 0.467 e. The molecule has 0 radical (unpaired) electrons. The number of anilines is 1. The molecule has 0 aromatic heterocycles. The first-order valence-corrected chi connectivity index (χ1v) is 14.8. The second-order valence-electron chi connectivity index (χ2n) is 10.2. The van der Waals surface area contributed by atoms with Gasteiger partial charge in [-0.2, -0.15) is 13.2 Å². The molecule has 0 aliphatic carbocycles. The number of carbonyl (C=O) groups is 3. The number of halogens is 3. The first-order valence-electron chi connectivity index (χ1n) is 13.3. The molecule has 45 heavy (non-hydrogen) atoms. The van der Waals surface area contributed by atoms with E-state index in [1.165, 1.54) is 0 Å². The minimum absolute atomic E-state index is 0.0106. The molecule has 5 rings (SSSR count). The highest BCUT2D eigenvalue weighted by Gasteiger charge is 2.68. The van der Waals surface area contributed by atoms with Crippen LogP contribution in [0.3, 0.4) is 0 Å². The van der Waals surface area contributed by atoms with Gasteiger partial charge in [0.2, 0.25) is 0 Å². The number of esters is 3. The van der Waals surface area contributed by atoms with Gasteiger partial charge in [-0.25, -0.2) is 32.1 Å². The molecule has 0 saturated carbocycles. The predicted molar refractivity (Wildman–Crippen MR) is 152 cm³/mol. The second-order valence-corrected chi connectivity index (χ2v) is 12.0. The van der Waals surface area contributed by atoms with Crippen LogP contribution in [0.2, 0.25) is 0 Å². The lowest BCUT2D eigenvalue weighted by Gasteiger charge is -2.40. The fourth-order valence-corrected chi connectivity index (χ4v) is 7.86. The van der Waals surface area contributed by atoms with E-state index in [1.807, 2.05) is 0 Å². The summed E-state index contributed by atoms with van der Waals surface area (Å²) in [4.78, 5) is 45.5. The standard InChI is InChI=1S/C30H26F3N3O8S/c1-5-6-15-35-20-10-8-7-9-19(20)29-16-21(25(37)42-2)36(45(40,41)18-13-11-17(12-14-18)30(31,32)33)28(29)34-23(27(39)44-4)22(24(29)35)26(38)43-3/h7-14,21,24H,15-16H2,1-4H3/t21-,24-,29-/m0/s1. The van der Waals surface area contributed by atoms with Crippen LogP contribution in [0.5, 0.6) is 0 Å². The molecule has 11 nitrogen and oxygen atoms in total. The van der Waals surface area contributed by atoms with E-state index in [0.717, 1.165) is 33.5 Å². The highest BCUT2D eigenvalue weighted by atomic mass is 32.2. The van der Waals surface area contributed by atoms with E-state index in [9.17, 15) is 36.0 Å². The molecule has 1 fully saturated rings. The quantitative estimate of drug-likeness (QED) is 0.264. The van der Waals surface area contributed by atoms with Crippen molar-refractivity contribution in [3.8, 4) is 11.8 Å². The molecule has 236 valence electrons. The Morgan fingerprint density at radius 3 is 2.22 bits per heavy atom. The average molecular weight is 646 g/mol. The lowest BCUT2D eigenvalue weighted by molar-refractivity contribution is -0.144. The zero-order chi connectivity index (χ0) is 32.9. The van der Waals surface area contributed by atoms with Crippen molar-refractivity contribution >= 4 is 39.5 Å². The molecule has 15 heteroatoms. The Hall–Kier alpha value is -4.84. The normalized spacial score (nSPS) is 22.0. The number of methoxy groups -OCH3 is 3.